The molecule has 3 fully saturated rings. The normalized spacial score (nSPS) is 35.6. The summed E-state index contributed by atoms with van der Waals surface area (Å²) in [5, 5.41) is 30.7. The predicted molar refractivity (Wildman–Crippen MR) is 167 cm³/mol. The molecule has 2 heterocycles. The average molecular weight is 586 g/mol. The molecule has 7 atom stereocenters. The van der Waals surface area contributed by atoms with Crippen LogP contribution in [-0.2, 0) is 16.8 Å². The Labute approximate surface area is 253 Å². The zero-order valence-electron chi connectivity index (χ0n) is 25.4. The van der Waals surface area contributed by atoms with Crippen molar-refractivity contribution in [3.8, 4) is 0 Å². The minimum absolute atomic E-state index is 0.0920. The first-order chi connectivity index (χ1) is 19.8. The van der Waals surface area contributed by atoms with Crippen LogP contribution in [0.1, 0.15) is 78.0 Å². The number of allylic oxidation sites excluding steroid dienone is 1. The molecule has 0 amide bonds. The van der Waals surface area contributed by atoms with Crippen LogP contribution in [0.15, 0.2) is 53.2 Å². The highest BCUT2D eigenvalue weighted by molar-refractivity contribution is 7.99. The molecule has 7 rings (SSSR count). The molecule has 4 aliphatic rings. The Kier molecular flexibility index (Phi) is 6.41. The minimum atomic E-state index is -1.43. The lowest BCUT2D eigenvalue weighted by Gasteiger charge is -2.60. The molecule has 42 heavy (non-hydrogen) atoms. The first-order valence-electron chi connectivity index (χ1n) is 15.6. The van der Waals surface area contributed by atoms with Gasteiger partial charge in [-0.25, -0.2) is 4.98 Å². The van der Waals surface area contributed by atoms with Crippen molar-refractivity contribution < 1.29 is 15.0 Å². The second-order valence-electron chi connectivity index (χ2n) is 14.9. The number of para-hydroxylation sites is 1. The summed E-state index contributed by atoms with van der Waals surface area (Å²) in [5.41, 5.74) is 2.49. The van der Waals surface area contributed by atoms with Gasteiger partial charge in [0.1, 0.15) is 5.60 Å². The highest BCUT2D eigenvalue weighted by Gasteiger charge is 2.68. The van der Waals surface area contributed by atoms with E-state index < -0.39 is 17.1 Å². The first kappa shape index (κ1) is 28.3. The van der Waals surface area contributed by atoms with Crippen molar-refractivity contribution in [3.63, 3.8) is 0 Å². The van der Waals surface area contributed by atoms with Crippen LogP contribution in [0.5, 0.6) is 0 Å². The van der Waals surface area contributed by atoms with Crippen LogP contribution in [0.4, 0.5) is 0 Å². The van der Waals surface area contributed by atoms with Gasteiger partial charge in [0.25, 0.3) is 0 Å². The fourth-order valence-electron chi connectivity index (χ4n) is 9.57. The molecular formula is C35H43N3O3S. The minimum Gasteiger partial charge on any atom is -0.393 e. The van der Waals surface area contributed by atoms with Gasteiger partial charge < -0.3 is 10.2 Å². The molecule has 0 saturated heterocycles. The first-order valence-corrected chi connectivity index (χ1v) is 16.5. The molecule has 1 aromatic carbocycles. The van der Waals surface area contributed by atoms with Crippen LogP contribution < -0.4 is 0 Å². The second kappa shape index (κ2) is 9.51. The molecule has 5 unspecified atom stereocenters. The average Bonchev–Trinajstić information content (AvgIpc) is 3.47. The summed E-state index contributed by atoms with van der Waals surface area (Å²) < 4.78 is 2.14. The topological polar surface area (TPSA) is 88.2 Å². The maximum atomic E-state index is 13.8. The molecule has 2 N–H and O–H groups in total. The number of hydrogen-bond acceptors (Lipinski definition) is 6. The van der Waals surface area contributed by atoms with E-state index in [0.29, 0.717) is 12.8 Å². The maximum absolute atomic E-state index is 13.8. The molecule has 0 radical (unpaired) electrons. The van der Waals surface area contributed by atoms with Crippen LogP contribution in [-0.4, -0.2) is 48.2 Å². The molecule has 4 aliphatic carbocycles. The molecule has 0 aliphatic heterocycles. The van der Waals surface area contributed by atoms with Gasteiger partial charge in [0, 0.05) is 10.8 Å². The zero-order valence-corrected chi connectivity index (χ0v) is 26.2. The van der Waals surface area contributed by atoms with Gasteiger partial charge in [0.15, 0.2) is 5.78 Å². The summed E-state index contributed by atoms with van der Waals surface area (Å²) in [4.78, 5) is 18.6. The summed E-state index contributed by atoms with van der Waals surface area (Å²) in [6.07, 6.45) is 8.42. The number of ketones is 1. The summed E-state index contributed by atoms with van der Waals surface area (Å²) in [7, 11) is 0. The van der Waals surface area contributed by atoms with Crippen molar-refractivity contribution in [2.75, 3.05) is 5.75 Å². The number of nitrogens with zero attached hydrogens (tertiary/aromatic N) is 3. The van der Waals surface area contributed by atoms with E-state index in [0.717, 1.165) is 41.6 Å². The fourth-order valence-corrected chi connectivity index (χ4v) is 10.4. The summed E-state index contributed by atoms with van der Waals surface area (Å²) in [5.74, 6) is 0.643. The Morgan fingerprint density at radius 3 is 2.71 bits per heavy atom. The zero-order chi connectivity index (χ0) is 29.7. The van der Waals surface area contributed by atoms with Crippen molar-refractivity contribution in [1.29, 1.82) is 0 Å². The SMILES string of the molecule is CC12Cc3cnn(C(C)(C)C)c3C=C1CCC1C2[C@@H](O)CC2(C)C1CC[C@]2(O)C(=O)CSc1ccc2ccccc2n1. The van der Waals surface area contributed by atoms with Crippen molar-refractivity contribution in [2.24, 2.45) is 28.6 Å². The van der Waals surface area contributed by atoms with Crippen molar-refractivity contribution in [3.05, 3.63) is 59.4 Å². The Balaban J connectivity index is 1.13. The van der Waals surface area contributed by atoms with E-state index in [1.807, 2.05) is 42.6 Å². The number of rotatable bonds is 4. The monoisotopic (exact) mass is 585 g/mol. The Hall–Kier alpha value is -2.48. The van der Waals surface area contributed by atoms with E-state index in [4.69, 9.17) is 10.1 Å². The summed E-state index contributed by atoms with van der Waals surface area (Å²) in [6.45, 7) is 11.0. The van der Waals surface area contributed by atoms with Gasteiger partial charge in [0.05, 0.1) is 39.8 Å². The van der Waals surface area contributed by atoms with E-state index in [9.17, 15) is 15.0 Å². The third kappa shape index (κ3) is 4.02. The smallest absolute Gasteiger partial charge is 0.175 e. The van der Waals surface area contributed by atoms with Gasteiger partial charge in [0.2, 0.25) is 0 Å². The van der Waals surface area contributed by atoms with Crippen molar-refractivity contribution in [2.45, 2.75) is 95.4 Å². The number of benzene rings is 1. The molecule has 3 aromatic rings. The third-order valence-corrected chi connectivity index (χ3v) is 12.5. The van der Waals surface area contributed by atoms with Gasteiger partial charge >= 0.3 is 0 Å². The van der Waals surface area contributed by atoms with E-state index in [1.54, 1.807) is 0 Å². The van der Waals surface area contributed by atoms with E-state index in [1.165, 1.54) is 28.6 Å². The number of thioether (sulfide) groups is 1. The standard InChI is InChI=1S/C35H43N3O3S/c1-32(2,3)38-27-16-23-11-12-24-25-14-15-35(41,29(40)20-42-30-13-10-21-8-6-7-9-26(21)37-30)34(25,5)18-28(39)31(24)33(23,4)17-22(27)19-36-38/h6-10,13,16,19,24-25,28,31,39,41H,11-12,14-15,17-18,20H2,1-5H3/t24?,25?,28-,31?,33?,34?,35-/m0/s1. The lowest BCUT2D eigenvalue weighted by atomic mass is 9.45. The van der Waals surface area contributed by atoms with E-state index >= 15 is 0 Å². The quantitative estimate of drug-likeness (QED) is 0.343. The number of fused-ring (bicyclic) bond motifs is 7. The Bertz CT molecular complexity index is 1610. The highest BCUT2D eigenvalue weighted by atomic mass is 32.2. The lowest BCUT2D eigenvalue weighted by molar-refractivity contribution is -0.177. The van der Waals surface area contributed by atoms with Gasteiger partial charge in [-0.15, -0.1) is 0 Å². The van der Waals surface area contributed by atoms with Gasteiger partial charge in [-0.2, -0.15) is 5.10 Å². The molecule has 7 heteroatoms. The molecular weight excluding hydrogens is 542 g/mol. The molecule has 6 nitrogen and oxygen atoms in total. The predicted octanol–water partition coefficient (Wildman–Crippen LogP) is 6.43. The Morgan fingerprint density at radius 1 is 1.14 bits per heavy atom. The number of hydrogen-bond donors (Lipinski definition) is 2. The fraction of sp³-hybridized carbons (Fsp3) is 0.571. The molecule has 3 saturated carbocycles. The van der Waals surface area contributed by atoms with Crippen LogP contribution in [0.3, 0.4) is 0 Å². The molecule has 2 aromatic heterocycles. The number of pyridine rings is 1. The lowest BCUT2D eigenvalue weighted by Crippen LogP contribution is -2.62. The molecule has 0 spiro atoms. The molecule has 0 bridgehead atoms. The number of aliphatic hydroxyl groups is 2. The van der Waals surface area contributed by atoms with Gasteiger partial charge in [-0.3, -0.25) is 9.48 Å². The van der Waals surface area contributed by atoms with Crippen molar-refractivity contribution >= 4 is 34.5 Å². The molecule has 222 valence electrons. The van der Waals surface area contributed by atoms with Crippen LogP contribution in [0.2, 0.25) is 0 Å². The number of aliphatic hydroxyl groups excluding tert-OH is 1. The highest BCUT2D eigenvalue weighted by Crippen LogP contribution is 2.67. The van der Waals surface area contributed by atoms with Gasteiger partial charge in [-0.05, 0) is 106 Å². The number of carbonyl (C=O) groups is 1. The largest absolute Gasteiger partial charge is 0.393 e. The van der Waals surface area contributed by atoms with Crippen LogP contribution in [0.25, 0.3) is 17.0 Å². The Morgan fingerprint density at radius 2 is 1.93 bits per heavy atom. The van der Waals surface area contributed by atoms with E-state index in [2.05, 4.69) is 45.4 Å². The summed E-state index contributed by atoms with van der Waals surface area (Å²) >= 11 is 1.40. The number of Topliss-reactive ketones (excluding diaryl/α,β-unsaturated/α-hetero) is 1. The second-order valence-corrected chi connectivity index (χ2v) is 15.9. The maximum Gasteiger partial charge on any atom is 0.175 e. The van der Waals surface area contributed by atoms with Crippen molar-refractivity contribution in [1.82, 2.24) is 14.8 Å². The third-order valence-electron chi connectivity index (χ3n) is 11.6. The van der Waals surface area contributed by atoms with Crippen LogP contribution in [0, 0.1) is 28.6 Å². The summed E-state index contributed by atoms with van der Waals surface area (Å²) in [6, 6.07) is 11.9. The number of aromatic nitrogens is 3. The van der Waals surface area contributed by atoms with E-state index in [-0.39, 0.29) is 40.2 Å². The number of carbonyl (C=O) groups excluding carboxylic acids is 1. The van der Waals surface area contributed by atoms with Crippen LogP contribution >= 0.6 is 11.8 Å². The van der Waals surface area contributed by atoms with Gasteiger partial charge in [-0.1, -0.05) is 55.4 Å².